The molecule has 0 aliphatic heterocycles. The van der Waals surface area contributed by atoms with Gasteiger partial charge in [-0.3, -0.25) is 0 Å². The number of rotatable bonds is 4. The normalized spacial score (nSPS) is 45.6. The van der Waals surface area contributed by atoms with Crippen LogP contribution in [0.1, 0.15) is 119 Å². The summed E-state index contributed by atoms with van der Waals surface area (Å²) in [6.45, 7) is 14.2. The zero-order chi connectivity index (χ0) is 21.0. The summed E-state index contributed by atoms with van der Waals surface area (Å²) in [6.07, 6.45) is 17.2. The maximum absolute atomic E-state index is 10.2. The molecule has 4 saturated carbocycles. The molecule has 0 aromatic rings. The first kappa shape index (κ1) is 22.2. The van der Waals surface area contributed by atoms with Crippen LogP contribution < -0.4 is 0 Å². The molecule has 4 fully saturated rings. The van der Waals surface area contributed by atoms with Crippen molar-refractivity contribution in [1.29, 1.82) is 0 Å². The Kier molecular flexibility index (Phi) is 5.98. The van der Waals surface area contributed by atoms with Crippen molar-refractivity contribution in [3.8, 4) is 0 Å². The third-order valence-corrected chi connectivity index (χ3v) is 10.7. The lowest BCUT2D eigenvalue weighted by Gasteiger charge is -2.53. The van der Waals surface area contributed by atoms with Crippen LogP contribution in [0.3, 0.4) is 0 Å². The standard InChI is InChI=1S/C28H50O/c1-19(12-16-27(4,5)29)24-10-11-25-23-9-7-8-20-18-26(2,3)15-13-21(20)22(23)14-17-28(24,25)6/h19-25,29H,7-18H2,1-6H3/t19-,20-,21+,22-,23+,24-,25+,28-/m1/s1. The van der Waals surface area contributed by atoms with E-state index in [9.17, 15) is 5.11 Å². The first-order valence-corrected chi connectivity index (χ1v) is 13.2. The van der Waals surface area contributed by atoms with E-state index in [1.54, 1.807) is 0 Å². The van der Waals surface area contributed by atoms with Crippen LogP contribution in [-0.4, -0.2) is 10.7 Å². The molecule has 1 nitrogen and oxygen atoms in total. The fraction of sp³-hybridized carbons (Fsp3) is 1.00. The van der Waals surface area contributed by atoms with Crippen LogP contribution in [0.25, 0.3) is 0 Å². The Morgan fingerprint density at radius 1 is 0.897 bits per heavy atom. The highest BCUT2D eigenvalue weighted by Gasteiger charge is 2.57. The SMILES string of the molecule is C[C@H](CCC(C)(C)O)[C@H]1CC[C@H]2[C@H]3CCC[C@@H]4CC(C)(C)CC[C@@H]4[C@H]3CC[C@]12C. The zero-order valence-corrected chi connectivity index (χ0v) is 20.5. The van der Waals surface area contributed by atoms with E-state index in [0.29, 0.717) is 10.8 Å². The van der Waals surface area contributed by atoms with Gasteiger partial charge >= 0.3 is 0 Å². The van der Waals surface area contributed by atoms with E-state index in [4.69, 9.17) is 0 Å². The molecular weight excluding hydrogens is 352 g/mol. The lowest BCUT2D eigenvalue weighted by Crippen LogP contribution is -2.46. The van der Waals surface area contributed by atoms with Gasteiger partial charge in [-0.1, -0.05) is 40.5 Å². The molecule has 0 aromatic carbocycles. The van der Waals surface area contributed by atoms with E-state index in [0.717, 1.165) is 47.8 Å². The molecule has 0 saturated heterocycles. The largest absolute Gasteiger partial charge is 0.390 e. The first-order chi connectivity index (χ1) is 13.5. The second-order valence-electron chi connectivity index (χ2n) is 13.8. The molecule has 0 aromatic heterocycles. The van der Waals surface area contributed by atoms with Gasteiger partial charge in [0.1, 0.15) is 0 Å². The van der Waals surface area contributed by atoms with Gasteiger partial charge in [-0.05, 0) is 130 Å². The van der Waals surface area contributed by atoms with Crippen molar-refractivity contribution in [2.75, 3.05) is 0 Å². The summed E-state index contributed by atoms with van der Waals surface area (Å²) in [5.74, 6) is 6.79. The molecule has 29 heavy (non-hydrogen) atoms. The van der Waals surface area contributed by atoms with Gasteiger partial charge in [0.05, 0.1) is 5.60 Å². The van der Waals surface area contributed by atoms with Gasteiger partial charge < -0.3 is 5.11 Å². The summed E-state index contributed by atoms with van der Waals surface area (Å²) in [5, 5.41) is 10.2. The van der Waals surface area contributed by atoms with E-state index < -0.39 is 5.60 Å². The summed E-state index contributed by atoms with van der Waals surface area (Å²) in [7, 11) is 0. The highest BCUT2D eigenvalue weighted by atomic mass is 16.3. The number of fused-ring (bicyclic) bond motifs is 5. The smallest absolute Gasteiger partial charge is 0.0591 e. The molecule has 0 amide bonds. The van der Waals surface area contributed by atoms with E-state index in [2.05, 4.69) is 27.7 Å². The lowest BCUT2D eigenvalue weighted by atomic mass is 9.52. The molecule has 4 rings (SSSR count). The van der Waals surface area contributed by atoms with Gasteiger partial charge in [-0.25, -0.2) is 0 Å². The fourth-order valence-electron chi connectivity index (χ4n) is 9.27. The molecule has 1 heteroatoms. The van der Waals surface area contributed by atoms with Crippen molar-refractivity contribution < 1.29 is 5.11 Å². The van der Waals surface area contributed by atoms with Crippen molar-refractivity contribution in [2.24, 2.45) is 52.3 Å². The quantitative estimate of drug-likeness (QED) is 0.507. The lowest BCUT2D eigenvalue weighted by molar-refractivity contribution is -0.0439. The molecule has 1 N–H and O–H groups in total. The van der Waals surface area contributed by atoms with Gasteiger partial charge in [-0.15, -0.1) is 0 Å². The second kappa shape index (κ2) is 7.83. The van der Waals surface area contributed by atoms with Crippen molar-refractivity contribution in [2.45, 2.75) is 124 Å². The molecule has 0 radical (unpaired) electrons. The Labute approximate surface area is 181 Å². The summed E-state index contributed by atoms with van der Waals surface area (Å²) < 4.78 is 0. The minimum Gasteiger partial charge on any atom is -0.390 e. The molecule has 0 heterocycles. The molecule has 0 bridgehead atoms. The third-order valence-electron chi connectivity index (χ3n) is 10.7. The van der Waals surface area contributed by atoms with E-state index in [1.165, 1.54) is 70.6 Å². The van der Waals surface area contributed by atoms with Crippen LogP contribution in [0, 0.1) is 52.3 Å². The van der Waals surface area contributed by atoms with Crippen LogP contribution in [0.4, 0.5) is 0 Å². The fourth-order valence-corrected chi connectivity index (χ4v) is 9.27. The summed E-state index contributed by atoms with van der Waals surface area (Å²) in [6, 6.07) is 0. The minimum atomic E-state index is -0.504. The van der Waals surface area contributed by atoms with Crippen LogP contribution in [0.5, 0.6) is 0 Å². The maximum Gasteiger partial charge on any atom is 0.0591 e. The Morgan fingerprint density at radius 3 is 2.34 bits per heavy atom. The summed E-state index contributed by atoms with van der Waals surface area (Å²) >= 11 is 0. The van der Waals surface area contributed by atoms with Crippen LogP contribution in [0.2, 0.25) is 0 Å². The zero-order valence-electron chi connectivity index (χ0n) is 20.5. The highest BCUT2D eigenvalue weighted by molar-refractivity contribution is 5.06. The van der Waals surface area contributed by atoms with E-state index >= 15 is 0 Å². The summed E-state index contributed by atoms with van der Waals surface area (Å²) in [5.41, 5.74) is 0.669. The van der Waals surface area contributed by atoms with E-state index in [1.807, 2.05) is 13.8 Å². The van der Waals surface area contributed by atoms with Gasteiger partial charge in [0.25, 0.3) is 0 Å². The van der Waals surface area contributed by atoms with Gasteiger partial charge in [0, 0.05) is 0 Å². The van der Waals surface area contributed by atoms with Crippen LogP contribution >= 0.6 is 0 Å². The second-order valence-corrected chi connectivity index (χ2v) is 13.8. The average Bonchev–Trinajstić information content (AvgIpc) is 2.86. The molecule has 168 valence electrons. The Balaban J connectivity index is 1.48. The number of hydrogen-bond acceptors (Lipinski definition) is 1. The van der Waals surface area contributed by atoms with E-state index in [-0.39, 0.29) is 0 Å². The van der Waals surface area contributed by atoms with Gasteiger partial charge in [-0.2, -0.15) is 0 Å². The molecule has 8 atom stereocenters. The van der Waals surface area contributed by atoms with Crippen molar-refractivity contribution in [1.82, 2.24) is 0 Å². The minimum absolute atomic E-state index is 0.504. The molecule has 4 aliphatic rings. The third kappa shape index (κ3) is 4.33. The van der Waals surface area contributed by atoms with Crippen molar-refractivity contribution in [3.63, 3.8) is 0 Å². The van der Waals surface area contributed by atoms with Crippen molar-refractivity contribution in [3.05, 3.63) is 0 Å². The highest BCUT2D eigenvalue weighted by Crippen LogP contribution is 2.65. The number of aliphatic hydroxyl groups is 1. The van der Waals surface area contributed by atoms with Gasteiger partial charge in [0.2, 0.25) is 0 Å². The Bertz CT molecular complexity index is 571. The maximum atomic E-state index is 10.2. The molecule has 0 unspecified atom stereocenters. The molecule has 0 spiro atoms. The number of hydrogen-bond donors (Lipinski definition) is 1. The van der Waals surface area contributed by atoms with Gasteiger partial charge in [0.15, 0.2) is 0 Å². The molecule has 4 aliphatic carbocycles. The first-order valence-electron chi connectivity index (χ1n) is 13.2. The molecular formula is C28H50O. The topological polar surface area (TPSA) is 20.2 Å². The summed E-state index contributed by atoms with van der Waals surface area (Å²) in [4.78, 5) is 0. The van der Waals surface area contributed by atoms with Crippen LogP contribution in [-0.2, 0) is 0 Å². The van der Waals surface area contributed by atoms with Crippen molar-refractivity contribution >= 4 is 0 Å². The van der Waals surface area contributed by atoms with Crippen LogP contribution in [0.15, 0.2) is 0 Å². The Hall–Kier alpha value is -0.0400. The monoisotopic (exact) mass is 402 g/mol. The average molecular weight is 403 g/mol. The predicted octanol–water partition coefficient (Wildman–Crippen LogP) is 7.86. The predicted molar refractivity (Wildman–Crippen MR) is 124 cm³/mol. The Morgan fingerprint density at radius 2 is 1.62 bits per heavy atom.